The van der Waals surface area contributed by atoms with Crippen LogP contribution < -0.4 is 0 Å². The summed E-state index contributed by atoms with van der Waals surface area (Å²) in [6.07, 6.45) is 3.13. The molecule has 18 heavy (non-hydrogen) atoms. The second kappa shape index (κ2) is 8.52. The van der Waals surface area contributed by atoms with Gasteiger partial charge in [-0.25, -0.2) is 9.59 Å². The summed E-state index contributed by atoms with van der Waals surface area (Å²) in [4.78, 5) is 24.1. The summed E-state index contributed by atoms with van der Waals surface area (Å²) in [7, 11) is 0. The van der Waals surface area contributed by atoms with Crippen molar-refractivity contribution in [3.05, 3.63) is 12.2 Å². The van der Waals surface area contributed by atoms with Crippen molar-refractivity contribution in [3.63, 3.8) is 0 Å². The van der Waals surface area contributed by atoms with Gasteiger partial charge in [-0.15, -0.1) is 0 Å². The van der Waals surface area contributed by atoms with Crippen molar-refractivity contribution >= 4 is 12.1 Å². The van der Waals surface area contributed by atoms with E-state index in [9.17, 15) is 9.59 Å². The molecule has 102 valence electrons. The molecular formula is C12H19NO5. The summed E-state index contributed by atoms with van der Waals surface area (Å²) >= 11 is 0. The molecule has 0 aromatic carbocycles. The number of hydrogen-bond donors (Lipinski definition) is 0. The Bertz CT molecular complexity index is 297. The third kappa shape index (κ3) is 5.67. The molecule has 0 N–H and O–H groups in total. The van der Waals surface area contributed by atoms with Crippen molar-refractivity contribution in [2.75, 3.05) is 39.5 Å². The van der Waals surface area contributed by atoms with Gasteiger partial charge in [0.1, 0.15) is 0 Å². The lowest BCUT2D eigenvalue weighted by molar-refractivity contribution is -0.137. The van der Waals surface area contributed by atoms with Crippen molar-refractivity contribution in [2.24, 2.45) is 0 Å². The average Bonchev–Trinajstić information content (AvgIpc) is 2.39. The second-order valence-electron chi connectivity index (χ2n) is 3.66. The topological polar surface area (TPSA) is 65.1 Å². The van der Waals surface area contributed by atoms with E-state index < -0.39 is 0 Å². The fourth-order valence-electron chi connectivity index (χ4n) is 1.42. The molecule has 0 spiro atoms. The summed E-state index contributed by atoms with van der Waals surface area (Å²) in [6, 6.07) is 0. The molecule has 0 aromatic rings. The summed E-state index contributed by atoms with van der Waals surface area (Å²) < 4.78 is 14.9. The summed E-state index contributed by atoms with van der Waals surface area (Å²) in [5, 5.41) is 0. The number of esters is 1. The molecule has 0 bridgehead atoms. The monoisotopic (exact) mass is 257 g/mol. The summed E-state index contributed by atoms with van der Waals surface area (Å²) in [6.45, 7) is 4.60. The first kappa shape index (κ1) is 14.5. The van der Waals surface area contributed by atoms with Crippen LogP contribution >= 0.6 is 0 Å². The predicted molar refractivity (Wildman–Crippen MR) is 64.1 cm³/mol. The van der Waals surface area contributed by atoms with Crippen LogP contribution in [-0.2, 0) is 19.0 Å². The predicted octanol–water partition coefficient (Wildman–Crippen LogP) is 0.965. The molecule has 6 heteroatoms. The highest BCUT2D eigenvalue weighted by Gasteiger charge is 2.17. The van der Waals surface area contributed by atoms with Crippen LogP contribution in [0.4, 0.5) is 4.79 Å². The number of morpholine rings is 1. The Morgan fingerprint density at radius 3 is 2.67 bits per heavy atom. The first-order chi connectivity index (χ1) is 8.74. The van der Waals surface area contributed by atoms with Crippen LogP contribution in [0.1, 0.15) is 13.3 Å². The van der Waals surface area contributed by atoms with E-state index in [1.165, 1.54) is 6.08 Å². The molecule has 1 rings (SSSR count). The number of ether oxygens (including phenoxy) is 3. The van der Waals surface area contributed by atoms with E-state index in [0.717, 1.165) is 0 Å². The van der Waals surface area contributed by atoms with Gasteiger partial charge in [-0.2, -0.15) is 0 Å². The zero-order valence-corrected chi connectivity index (χ0v) is 10.6. The molecule has 6 nitrogen and oxygen atoms in total. The van der Waals surface area contributed by atoms with Gasteiger partial charge in [0, 0.05) is 25.6 Å². The minimum atomic E-state index is -0.378. The number of nitrogens with zero attached hydrogens (tertiary/aromatic N) is 1. The lowest BCUT2D eigenvalue weighted by Crippen LogP contribution is -2.41. The molecule has 1 aliphatic rings. The van der Waals surface area contributed by atoms with Crippen molar-refractivity contribution in [3.8, 4) is 0 Å². The van der Waals surface area contributed by atoms with Crippen molar-refractivity contribution in [2.45, 2.75) is 13.3 Å². The van der Waals surface area contributed by atoms with Gasteiger partial charge in [-0.1, -0.05) is 6.08 Å². The number of amides is 1. The Morgan fingerprint density at radius 1 is 1.28 bits per heavy atom. The molecule has 0 unspecified atom stereocenters. The maximum absolute atomic E-state index is 11.5. The number of hydrogen-bond acceptors (Lipinski definition) is 5. The van der Waals surface area contributed by atoms with Gasteiger partial charge in [0.25, 0.3) is 0 Å². The molecule has 0 aromatic heterocycles. The van der Waals surface area contributed by atoms with Gasteiger partial charge in [0.2, 0.25) is 0 Å². The average molecular weight is 257 g/mol. The smallest absolute Gasteiger partial charge is 0.409 e. The van der Waals surface area contributed by atoms with E-state index in [1.807, 2.05) is 0 Å². The minimum absolute atomic E-state index is 0.256. The number of carbonyl (C=O) groups excluding carboxylic acids is 2. The molecule has 0 radical (unpaired) electrons. The highest BCUT2D eigenvalue weighted by molar-refractivity contribution is 5.81. The van der Waals surface area contributed by atoms with Crippen LogP contribution in [0.3, 0.4) is 0 Å². The van der Waals surface area contributed by atoms with Crippen molar-refractivity contribution in [1.29, 1.82) is 0 Å². The van der Waals surface area contributed by atoms with Crippen molar-refractivity contribution in [1.82, 2.24) is 4.90 Å². The minimum Gasteiger partial charge on any atom is -0.463 e. The van der Waals surface area contributed by atoms with Crippen molar-refractivity contribution < 1.29 is 23.8 Å². The quantitative estimate of drug-likeness (QED) is 0.417. The van der Waals surface area contributed by atoms with Gasteiger partial charge >= 0.3 is 12.1 Å². The van der Waals surface area contributed by atoms with E-state index in [4.69, 9.17) is 14.2 Å². The molecule has 0 saturated carbocycles. The first-order valence-electron chi connectivity index (χ1n) is 6.06. The fourth-order valence-corrected chi connectivity index (χ4v) is 1.42. The first-order valence-corrected chi connectivity index (χ1v) is 6.06. The SMILES string of the molecule is CCOC(=O)/C=C/CCOC(=O)N1CCOCC1. The zero-order chi connectivity index (χ0) is 13.2. The Labute approximate surface area is 106 Å². The lowest BCUT2D eigenvalue weighted by atomic mass is 10.4. The fraction of sp³-hybridized carbons (Fsp3) is 0.667. The molecule has 1 fully saturated rings. The van der Waals surface area contributed by atoms with Crippen LogP contribution in [0.5, 0.6) is 0 Å². The molecule has 1 amide bonds. The third-order valence-electron chi connectivity index (χ3n) is 2.32. The molecule has 0 aliphatic carbocycles. The van der Waals surface area contributed by atoms with E-state index in [1.54, 1.807) is 17.9 Å². The van der Waals surface area contributed by atoms with Gasteiger partial charge in [0.05, 0.1) is 26.4 Å². The third-order valence-corrected chi connectivity index (χ3v) is 2.32. The van der Waals surface area contributed by atoms with Crippen LogP contribution in [0, 0.1) is 0 Å². The molecule has 1 heterocycles. The van der Waals surface area contributed by atoms with E-state index in [0.29, 0.717) is 39.3 Å². The van der Waals surface area contributed by atoms with Crippen LogP contribution in [0.2, 0.25) is 0 Å². The zero-order valence-electron chi connectivity index (χ0n) is 10.6. The normalized spacial score (nSPS) is 15.7. The van der Waals surface area contributed by atoms with E-state index in [-0.39, 0.29) is 18.7 Å². The Kier molecular flexibility index (Phi) is 6.86. The number of rotatable bonds is 5. The van der Waals surface area contributed by atoms with Gasteiger partial charge < -0.3 is 19.1 Å². The van der Waals surface area contributed by atoms with E-state index in [2.05, 4.69) is 0 Å². The highest BCUT2D eigenvalue weighted by Crippen LogP contribution is 2.00. The maximum Gasteiger partial charge on any atom is 0.409 e. The van der Waals surface area contributed by atoms with Gasteiger partial charge in [-0.3, -0.25) is 0 Å². The Balaban J connectivity index is 2.09. The summed E-state index contributed by atoms with van der Waals surface area (Å²) in [5.74, 6) is -0.378. The van der Waals surface area contributed by atoms with Crippen LogP contribution in [0.15, 0.2) is 12.2 Å². The molecule has 1 aliphatic heterocycles. The molecular weight excluding hydrogens is 238 g/mol. The van der Waals surface area contributed by atoms with E-state index >= 15 is 0 Å². The molecule has 1 saturated heterocycles. The Morgan fingerprint density at radius 2 is 2.00 bits per heavy atom. The van der Waals surface area contributed by atoms with Crippen LogP contribution in [0.25, 0.3) is 0 Å². The maximum atomic E-state index is 11.5. The second-order valence-corrected chi connectivity index (χ2v) is 3.66. The highest BCUT2D eigenvalue weighted by atomic mass is 16.6. The summed E-state index contributed by atoms with van der Waals surface area (Å²) in [5.41, 5.74) is 0. The van der Waals surface area contributed by atoms with Gasteiger partial charge in [0.15, 0.2) is 0 Å². The largest absolute Gasteiger partial charge is 0.463 e. The lowest BCUT2D eigenvalue weighted by Gasteiger charge is -2.25. The standard InChI is InChI=1S/C12H19NO5/c1-2-17-11(14)5-3-4-8-18-12(15)13-6-9-16-10-7-13/h3,5H,2,4,6-10H2,1H3/b5-3+. The Hall–Kier alpha value is -1.56. The van der Waals surface area contributed by atoms with Crippen LogP contribution in [-0.4, -0.2) is 56.5 Å². The van der Waals surface area contributed by atoms with Gasteiger partial charge in [-0.05, 0) is 6.92 Å². The number of carbonyl (C=O) groups is 2. The molecule has 0 atom stereocenters.